The first-order valence-corrected chi connectivity index (χ1v) is 5.81. The van der Waals surface area contributed by atoms with Crippen LogP contribution in [0.25, 0.3) is 10.9 Å². The summed E-state index contributed by atoms with van der Waals surface area (Å²) in [6.07, 6.45) is -0.174. The Kier molecular flexibility index (Phi) is 3.59. The number of carboxylic acid groups (broad SMARTS) is 1. The van der Waals surface area contributed by atoms with Crippen LogP contribution in [0.5, 0.6) is 5.75 Å². The van der Waals surface area contributed by atoms with Gasteiger partial charge in [0.1, 0.15) is 10.9 Å². The molecule has 0 amide bonds. The highest BCUT2D eigenvalue weighted by molar-refractivity contribution is 6.33. The lowest BCUT2D eigenvalue weighted by Gasteiger charge is -2.07. The fourth-order valence-electron chi connectivity index (χ4n) is 1.64. The van der Waals surface area contributed by atoms with Gasteiger partial charge in [-0.15, -0.1) is 0 Å². The van der Waals surface area contributed by atoms with Crippen molar-refractivity contribution in [3.8, 4) is 5.75 Å². The number of pyridine rings is 1. The van der Waals surface area contributed by atoms with Crippen molar-refractivity contribution in [2.45, 2.75) is 6.42 Å². The molecular weight excluding hydrogens is 277 g/mol. The van der Waals surface area contributed by atoms with Crippen molar-refractivity contribution in [1.82, 2.24) is 4.98 Å². The van der Waals surface area contributed by atoms with Gasteiger partial charge in [-0.1, -0.05) is 23.2 Å². The molecule has 0 radical (unpaired) electrons. The fraction of sp³-hybridized carbons (Fsp3) is 0.167. The highest BCUT2D eigenvalue weighted by Gasteiger charge is 2.11. The summed E-state index contributed by atoms with van der Waals surface area (Å²) < 4.78 is 5.10. The number of rotatable bonds is 3. The maximum Gasteiger partial charge on any atom is 0.307 e. The van der Waals surface area contributed by atoms with Crippen LogP contribution in [0.1, 0.15) is 5.56 Å². The van der Waals surface area contributed by atoms with Crippen LogP contribution in [0.4, 0.5) is 0 Å². The highest BCUT2D eigenvalue weighted by atomic mass is 35.5. The molecule has 6 heteroatoms. The second-order valence-electron chi connectivity index (χ2n) is 3.69. The number of methoxy groups -OCH3 is 1. The van der Waals surface area contributed by atoms with Gasteiger partial charge in [-0.25, -0.2) is 4.98 Å². The van der Waals surface area contributed by atoms with Crippen molar-refractivity contribution in [2.75, 3.05) is 7.11 Å². The number of ether oxygens (including phenoxy) is 1. The molecule has 2 rings (SSSR count). The number of carbonyl (C=O) groups is 1. The van der Waals surface area contributed by atoms with Gasteiger partial charge >= 0.3 is 5.97 Å². The average Bonchev–Trinajstić information content (AvgIpc) is 2.29. The van der Waals surface area contributed by atoms with E-state index in [0.717, 1.165) is 5.39 Å². The van der Waals surface area contributed by atoms with Crippen molar-refractivity contribution in [3.05, 3.63) is 33.9 Å². The van der Waals surface area contributed by atoms with Gasteiger partial charge in [-0.3, -0.25) is 4.79 Å². The fourth-order valence-corrected chi connectivity index (χ4v) is 2.09. The molecule has 94 valence electrons. The van der Waals surface area contributed by atoms with Crippen LogP contribution in [0.15, 0.2) is 18.2 Å². The zero-order valence-electron chi connectivity index (χ0n) is 9.41. The van der Waals surface area contributed by atoms with E-state index in [1.54, 1.807) is 18.2 Å². The van der Waals surface area contributed by atoms with E-state index in [4.69, 9.17) is 33.0 Å². The summed E-state index contributed by atoms with van der Waals surface area (Å²) in [6.45, 7) is 0. The van der Waals surface area contributed by atoms with Gasteiger partial charge in [0, 0.05) is 10.9 Å². The van der Waals surface area contributed by atoms with Crippen LogP contribution in [0.2, 0.25) is 10.2 Å². The summed E-state index contributed by atoms with van der Waals surface area (Å²) in [4.78, 5) is 14.8. The standard InChI is InChI=1S/C12H9Cl2NO3/c1-18-10-3-6-2-7(4-11(16)17)12(14)15-9(6)5-8(10)13/h2-3,5H,4H2,1H3,(H,16,17). The van der Waals surface area contributed by atoms with E-state index in [1.807, 2.05) is 0 Å². The third-order valence-corrected chi connectivity index (χ3v) is 3.08. The minimum absolute atomic E-state index is 0.172. The molecule has 0 saturated carbocycles. The van der Waals surface area contributed by atoms with Crippen LogP contribution >= 0.6 is 23.2 Å². The molecule has 1 aromatic carbocycles. The van der Waals surface area contributed by atoms with Gasteiger partial charge < -0.3 is 9.84 Å². The molecule has 1 heterocycles. The van der Waals surface area contributed by atoms with Crippen LogP contribution in [-0.2, 0) is 11.2 Å². The Morgan fingerprint density at radius 1 is 1.39 bits per heavy atom. The molecule has 0 aliphatic rings. The van der Waals surface area contributed by atoms with Gasteiger partial charge in [-0.05, 0) is 18.2 Å². The topological polar surface area (TPSA) is 59.4 Å². The number of halogens is 2. The molecule has 0 atom stereocenters. The molecular formula is C12H9Cl2NO3. The van der Waals surface area contributed by atoms with Gasteiger partial charge in [0.25, 0.3) is 0 Å². The summed E-state index contributed by atoms with van der Waals surface area (Å²) in [5, 5.41) is 10.1. The number of benzene rings is 1. The first kappa shape index (κ1) is 12.9. The number of hydrogen-bond acceptors (Lipinski definition) is 3. The van der Waals surface area contributed by atoms with E-state index in [1.165, 1.54) is 7.11 Å². The lowest BCUT2D eigenvalue weighted by atomic mass is 10.1. The average molecular weight is 286 g/mol. The lowest BCUT2D eigenvalue weighted by Crippen LogP contribution is -2.02. The molecule has 0 unspecified atom stereocenters. The van der Waals surface area contributed by atoms with Crippen molar-refractivity contribution in [3.63, 3.8) is 0 Å². The molecule has 1 aromatic heterocycles. The highest BCUT2D eigenvalue weighted by Crippen LogP contribution is 2.31. The van der Waals surface area contributed by atoms with Crippen LogP contribution in [-0.4, -0.2) is 23.2 Å². The third-order valence-electron chi connectivity index (χ3n) is 2.46. The van der Waals surface area contributed by atoms with E-state index in [2.05, 4.69) is 4.98 Å². The number of aromatic nitrogens is 1. The summed E-state index contributed by atoms with van der Waals surface area (Å²) in [5.41, 5.74) is 1.06. The molecule has 4 nitrogen and oxygen atoms in total. The zero-order chi connectivity index (χ0) is 13.3. The molecule has 0 bridgehead atoms. The maximum atomic E-state index is 10.7. The second kappa shape index (κ2) is 5.00. The van der Waals surface area contributed by atoms with Gasteiger partial charge in [0.05, 0.1) is 24.1 Å². The van der Waals surface area contributed by atoms with E-state index in [0.29, 0.717) is 21.9 Å². The number of fused-ring (bicyclic) bond motifs is 1. The summed E-state index contributed by atoms with van der Waals surface area (Å²) in [6, 6.07) is 5.01. The summed E-state index contributed by atoms with van der Waals surface area (Å²) in [7, 11) is 1.51. The SMILES string of the molecule is COc1cc2cc(CC(=O)O)c(Cl)nc2cc1Cl. The normalized spacial score (nSPS) is 10.6. The van der Waals surface area contributed by atoms with Gasteiger partial charge in [0.15, 0.2) is 0 Å². The van der Waals surface area contributed by atoms with E-state index in [9.17, 15) is 4.79 Å². The van der Waals surface area contributed by atoms with Gasteiger partial charge in [-0.2, -0.15) is 0 Å². The van der Waals surface area contributed by atoms with Crippen LogP contribution in [0.3, 0.4) is 0 Å². The number of nitrogens with zero attached hydrogens (tertiary/aromatic N) is 1. The molecule has 0 fully saturated rings. The third kappa shape index (κ3) is 2.49. The number of aliphatic carboxylic acids is 1. The molecule has 0 aliphatic heterocycles. The Hall–Kier alpha value is -1.52. The van der Waals surface area contributed by atoms with Crippen molar-refractivity contribution in [2.24, 2.45) is 0 Å². The summed E-state index contributed by atoms with van der Waals surface area (Å²) >= 11 is 11.9. The predicted molar refractivity (Wildman–Crippen MR) is 69.7 cm³/mol. The molecule has 18 heavy (non-hydrogen) atoms. The Labute approximate surface area is 113 Å². The van der Waals surface area contributed by atoms with Crippen LogP contribution in [0, 0.1) is 0 Å². The molecule has 0 aliphatic carbocycles. The van der Waals surface area contributed by atoms with E-state index in [-0.39, 0.29) is 11.6 Å². The maximum absolute atomic E-state index is 10.7. The molecule has 0 saturated heterocycles. The Morgan fingerprint density at radius 3 is 2.72 bits per heavy atom. The predicted octanol–water partition coefficient (Wildman–Crippen LogP) is 3.18. The largest absolute Gasteiger partial charge is 0.495 e. The Balaban J connectivity index is 2.61. The smallest absolute Gasteiger partial charge is 0.307 e. The molecule has 0 spiro atoms. The van der Waals surface area contributed by atoms with Crippen molar-refractivity contribution < 1.29 is 14.6 Å². The monoisotopic (exact) mass is 285 g/mol. The number of hydrogen-bond donors (Lipinski definition) is 1. The first-order valence-electron chi connectivity index (χ1n) is 5.05. The van der Waals surface area contributed by atoms with Gasteiger partial charge in [0.2, 0.25) is 0 Å². The zero-order valence-corrected chi connectivity index (χ0v) is 10.9. The second-order valence-corrected chi connectivity index (χ2v) is 4.45. The van der Waals surface area contributed by atoms with Crippen molar-refractivity contribution >= 4 is 40.1 Å². The minimum Gasteiger partial charge on any atom is -0.495 e. The van der Waals surface area contributed by atoms with Crippen molar-refractivity contribution in [1.29, 1.82) is 0 Å². The number of carboxylic acids is 1. The van der Waals surface area contributed by atoms with E-state index < -0.39 is 5.97 Å². The van der Waals surface area contributed by atoms with Crippen LogP contribution < -0.4 is 4.74 Å². The Morgan fingerprint density at radius 2 is 2.11 bits per heavy atom. The summed E-state index contributed by atoms with van der Waals surface area (Å²) in [5.74, 6) is -0.450. The van der Waals surface area contributed by atoms with E-state index >= 15 is 0 Å². The molecule has 2 aromatic rings. The molecule has 1 N–H and O–H groups in total. The Bertz CT molecular complexity index is 628. The first-order chi connectivity index (χ1) is 8.51. The lowest BCUT2D eigenvalue weighted by molar-refractivity contribution is -0.136. The minimum atomic E-state index is -0.959. The quantitative estimate of drug-likeness (QED) is 0.880.